The Morgan fingerprint density at radius 2 is 2.38 bits per heavy atom. The normalized spacial score (nSPS) is 12.3. The highest BCUT2D eigenvalue weighted by Crippen LogP contribution is 2.35. The molecule has 0 aliphatic rings. The number of rotatable bonds is 7. The molecule has 5 nitrogen and oxygen atoms in total. The number of halogens is 1. The molecule has 6 heteroatoms. The van der Waals surface area contributed by atoms with Gasteiger partial charge in [-0.15, -0.1) is 0 Å². The summed E-state index contributed by atoms with van der Waals surface area (Å²) in [5.74, 6) is -1.47. The summed E-state index contributed by atoms with van der Waals surface area (Å²) in [6.07, 6.45) is 2.93. The van der Waals surface area contributed by atoms with Crippen molar-refractivity contribution in [2.75, 3.05) is 6.61 Å². The van der Waals surface area contributed by atoms with Gasteiger partial charge in [0, 0.05) is 30.2 Å². The van der Waals surface area contributed by atoms with Crippen LogP contribution < -0.4 is 4.74 Å². The minimum Gasteiger partial charge on any atom is -0.493 e. The predicted molar refractivity (Wildman–Crippen MR) is 75.7 cm³/mol. The van der Waals surface area contributed by atoms with Gasteiger partial charge in [-0.25, -0.2) is 4.39 Å². The van der Waals surface area contributed by atoms with E-state index in [0.717, 1.165) is 6.21 Å². The smallest absolute Gasteiger partial charge is 0.303 e. The van der Waals surface area contributed by atoms with Crippen LogP contribution in [0.3, 0.4) is 0 Å². The first-order valence-corrected chi connectivity index (χ1v) is 6.59. The monoisotopic (exact) mass is 293 g/mol. The number of carboxylic acids is 1. The van der Waals surface area contributed by atoms with E-state index in [4.69, 9.17) is 19.7 Å². The van der Waals surface area contributed by atoms with E-state index in [2.05, 4.69) is 0 Å². The molecule has 21 heavy (non-hydrogen) atoms. The number of hydrogen-bond donors (Lipinski definition) is 2. The third-order valence-corrected chi connectivity index (χ3v) is 3.19. The summed E-state index contributed by atoms with van der Waals surface area (Å²) < 4.78 is 25.0. The Morgan fingerprint density at radius 1 is 1.62 bits per heavy atom. The van der Waals surface area contributed by atoms with Gasteiger partial charge in [0.25, 0.3) is 0 Å². The molecule has 0 saturated carbocycles. The number of carbonyl (C=O) groups is 1. The molecule has 0 spiro atoms. The Morgan fingerprint density at radius 3 is 3.05 bits per heavy atom. The summed E-state index contributed by atoms with van der Waals surface area (Å²) in [4.78, 5) is 10.4. The van der Waals surface area contributed by atoms with Crippen LogP contribution in [0, 0.1) is 11.2 Å². The maximum Gasteiger partial charge on any atom is 0.303 e. The zero-order chi connectivity index (χ0) is 15.4. The van der Waals surface area contributed by atoms with E-state index >= 15 is 0 Å². The van der Waals surface area contributed by atoms with Gasteiger partial charge in [-0.3, -0.25) is 4.79 Å². The van der Waals surface area contributed by atoms with E-state index < -0.39 is 17.7 Å². The molecule has 0 fully saturated rings. The number of ether oxygens (including phenoxy) is 1. The zero-order valence-corrected chi connectivity index (χ0v) is 11.6. The molecule has 0 amide bonds. The first kappa shape index (κ1) is 15.0. The molecule has 0 saturated heterocycles. The Labute approximate surface area is 120 Å². The van der Waals surface area contributed by atoms with Crippen LogP contribution in [0.2, 0.25) is 0 Å². The fourth-order valence-electron chi connectivity index (χ4n) is 2.12. The fourth-order valence-corrected chi connectivity index (χ4v) is 2.12. The first-order valence-electron chi connectivity index (χ1n) is 6.59. The van der Waals surface area contributed by atoms with Crippen molar-refractivity contribution in [3.8, 4) is 5.75 Å². The molecule has 112 valence electrons. The Kier molecular flexibility index (Phi) is 4.57. The lowest BCUT2D eigenvalue weighted by atomic mass is 9.99. The maximum absolute atomic E-state index is 14.2. The second-order valence-electron chi connectivity index (χ2n) is 4.73. The number of benzene rings is 1. The Hall–Kier alpha value is -2.37. The van der Waals surface area contributed by atoms with Crippen molar-refractivity contribution in [1.82, 2.24) is 0 Å². The SMILES string of the molecule is CC(C=N)c1c(F)cc(OCCCC(=O)O)c2ccoc12. The van der Waals surface area contributed by atoms with Gasteiger partial charge in [0.05, 0.1) is 18.3 Å². The summed E-state index contributed by atoms with van der Waals surface area (Å²) in [6.45, 7) is 1.90. The fraction of sp³-hybridized carbons (Fsp3) is 0.333. The summed E-state index contributed by atoms with van der Waals surface area (Å²) in [5.41, 5.74) is 0.683. The lowest BCUT2D eigenvalue weighted by Gasteiger charge is -2.12. The minimum absolute atomic E-state index is 0.0000669. The van der Waals surface area contributed by atoms with Gasteiger partial charge in [-0.1, -0.05) is 6.92 Å². The zero-order valence-electron chi connectivity index (χ0n) is 11.6. The quantitative estimate of drug-likeness (QED) is 0.604. The number of carboxylic acid groups (broad SMARTS) is 1. The van der Waals surface area contributed by atoms with Crippen LogP contribution in [0.15, 0.2) is 22.8 Å². The van der Waals surface area contributed by atoms with Crippen molar-refractivity contribution < 1.29 is 23.4 Å². The molecule has 0 aliphatic heterocycles. The second-order valence-corrected chi connectivity index (χ2v) is 4.73. The Balaban J connectivity index is 2.28. The highest BCUT2D eigenvalue weighted by Gasteiger charge is 2.19. The van der Waals surface area contributed by atoms with Gasteiger partial charge in [0.1, 0.15) is 17.1 Å². The van der Waals surface area contributed by atoms with E-state index in [1.807, 2.05) is 0 Å². The molecular formula is C15H16FNO4. The molecule has 1 aromatic carbocycles. The van der Waals surface area contributed by atoms with Crippen LogP contribution in [-0.4, -0.2) is 23.9 Å². The topological polar surface area (TPSA) is 83.5 Å². The third kappa shape index (κ3) is 3.21. The van der Waals surface area contributed by atoms with Crippen molar-refractivity contribution in [3.63, 3.8) is 0 Å². The number of aliphatic carboxylic acids is 1. The highest BCUT2D eigenvalue weighted by molar-refractivity contribution is 5.89. The van der Waals surface area contributed by atoms with Crippen LogP contribution in [-0.2, 0) is 4.79 Å². The van der Waals surface area contributed by atoms with Gasteiger partial charge in [0.15, 0.2) is 0 Å². The Bertz CT molecular complexity index is 665. The molecule has 0 radical (unpaired) electrons. The molecule has 1 unspecified atom stereocenters. The molecule has 0 bridgehead atoms. The number of hydrogen-bond acceptors (Lipinski definition) is 4. The molecule has 1 atom stereocenters. The van der Waals surface area contributed by atoms with Gasteiger partial charge in [-0.2, -0.15) is 0 Å². The van der Waals surface area contributed by atoms with Gasteiger partial charge in [-0.05, 0) is 12.5 Å². The average molecular weight is 293 g/mol. The van der Waals surface area contributed by atoms with Crippen molar-refractivity contribution in [2.45, 2.75) is 25.7 Å². The average Bonchev–Trinajstić information content (AvgIpc) is 2.91. The van der Waals surface area contributed by atoms with Crippen molar-refractivity contribution in [3.05, 3.63) is 29.8 Å². The third-order valence-electron chi connectivity index (χ3n) is 3.19. The lowest BCUT2D eigenvalue weighted by molar-refractivity contribution is -0.137. The van der Waals surface area contributed by atoms with Crippen molar-refractivity contribution in [1.29, 1.82) is 5.41 Å². The van der Waals surface area contributed by atoms with Crippen LogP contribution in [0.1, 0.15) is 31.2 Å². The molecule has 1 heterocycles. The van der Waals surface area contributed by atoms with Crippen molar-refractivity contribution in [2.24, 2.45) is 0 Å². The van der Waals surface area contributed by atoms with Gasteiger partial charge < -0.3 is 19.7 Å². The van der Waals surface area contributed by atoms with Crippen LogP contribution in [0.4, 0.5) is 4.39 Å². The van der Waals surface area contributed by atoms with Gasteiger partial charge >= 0.3 is 5.97 Å². The van der Waals surface area contributed by atoms with E-state index in [1.54, 1.807) is 13.0 Å². The summed E-state index contributed by atoms with van der Waals surface area (Å²) >= 11 is 0. The van der Waals surface area contributed by atoms with E-state index in [1.165, 1.54) is 12.3 Å². The second kappa shape index (κ2) is 6.39. The summed E-state index contributed by atoms with van der Waals surface area (Å²) in [7, 11) is 0. The summed E-state index contributed by atoms with van der Waals surface area (Å²) in [6, 6.07) is 2.93. The van der Waals surface area contributed by atoms with E-state index in [-0.39, 0.29) is 13.0 Å². The molecular weight excluding hydrogens is 277 g/mol. The molecule has 0 aliphatic carbocycles. The number of fused-ring (bicyclic) bond motifs is 1. The number of nitrogens with one attached hydrogen (secondary N) is 1. The maximum atomic E-state index is 14.2. The van der Waals surface area contributed by atoms with E-state index in [0.29, 0.717) is 28.7 Å². The van der Waals surface area contributed by atoms with E-state index in [9.17, 15) is 9.18 Å². The van der Waals surface area contributed by atoms with Crippen LogP contribution in [0.5, 0.6) is 5.75 Å². The molecule has 2 aromatic rings. The molecule has 2 N–H and O–H groups in total. The standard InChI is InChI=1S/C15H16FNO4/c1-9(8-17)14-11(16)7-12(10-4-6-21-15(10)14)20-5-2-3-13(18)19/h4,6-9,17H,2-3,5H2,1H3,(H,18,19). The molecule has 1 aromatic heterocycles. The lowest BCUT2D eigenvalue weighted by Crippen LogP contribution is -2.04. The van der Waals surface area contributed by atoms with Crippen LogP contribution in [0.25, 0.3) is 11.0 Å². The number of furan rings is 1. The van der Waals surface area contributed by atoms with Crippen molar-refractivity contribution >= 4 is 23.2 Å². The largest absolute Gasteiger partial charge is 0.493 e. The van der Waals surface area contributed by atoms with Crippen LogP contribution >= 0.6 is 0 Å². The highest BCUT2D eigenvalue weighted by atomic mass is 19.1. The summed E-state index contributed by atoms with van der Waals surface area (Å²) in [5, 5.41) is 16.5. The minimum atomic E-state index is -0.895. The molecule has 2 rings (SSSR count). The first-order chi connectivity index (χ1) is 10.0. The predicted octanol–water partition coefficient (Wildman–Crippen LogP) is 3.57. The van der Waals surface area contributed by atoms with Gasteiger partial charge in [0.2, 0.25) is 0 Å².